The van der Waals surface area contributed by atoms with Gasteiger partial charge in [0.15, 0.2) is 0 Å². The lowest BCUT2D eigenvalue weighted by Crippen LogP contribution is -2.26. The van der Waals surface area contributed by atoms with Crippen LogP contribution in [0.2, 0.25) is 0 Å². The Morgan fingerprint density at radius 2 is 1.94 bits per heavy atom. The molecule has 0 fully saturated rings. The van der Waals surface area contributed by atoms with Crippen LogP contribution >= 0.6 is 12.6 Å². The van der Waals surface area contributed by atoms with E-state index in [1.54, 1.807) is 14.2 Å². The molecule has 0 heterocycles. The van der Waals surface area contributed by atoms with E-state index in [0.29, 0.717) is 13.0 Å². The molecule has 1 aromatic rings. The van der Waals surface area contributed by atoms with Gasteiger partial charge in [-0.25, -0.2) is 0 Å². The van der Waals surface area contributed by atoms with E-state index in [1.807, 2.05) is 19.1 Å². The number of carbonyl (C=O) groups is 1. The maximum absolute atomic E-state index is 11.1. The maximum atomic E-state index is 11.1. The SMILES string of the molecule is COc1cc(CCNC(=O)CS)c(OC)cc1C. The molecule has 1 rings (SSSR count). The first-order valence-corrected chi connectivity index (χ1v) is 6.34. The molecule has 0 aliphatic rings. The minimum Gasteiger partial charge on any atom is -0.496 e. The van der Waals surface area contributed by atoms with Crippen molar-refractivity contribution in [2.75, 3.05) is 26.5 Å². The van der Waals surface area contributed by atoms with Crippen molar-refractivity contribution in [3.63, 3.8) is 0 Å². The van der Waals surface area contributed by atoms with Gasteiger partial charge in [0.2, 0.25) is 5.91 Å². The Kier molecular flexibility index (Phi) is 5.85. The van der Waals surface area contributed by atoms with Gasteiger partial charge < -0.3 is 14.8 Å². The van der Waals surface area contributed by atoms with Crippen LogP contribution in [0.4, 0.5) is 0 Å². The number of aryl methyl sites for hydroxylation is 1. The van der Waals surface area contributed by atoms with E-state index in [-0.39, 0.29) is 11.7 Å². The Labute approximate surface area is 113 Å². The summed E-state index contributed by atoms with van der Waals surface area (Å²) in [5.74, 6) is 1.77. The molecular weight excluding hydrogens is 250 g/mol. The normalized spacial score (nSPS) is 10.0. The number of hydrogen-bond donors (Lipinski definition) is 2. The molecule has 0 aliphatic carbocycles. The molecule has 1 N–H and O–H groups in total. The summed E-state index contributed by atoms with van der Waals surface area (Å²) in [5.41, 5.74) is 2.04. The number of benzene rings is 1. The predicted molar refractivity (Wildman–Crippen MR) is 74.8 cm³/mol. The molecule has 0 saturated carbocycles. The van der Waals surface area contributed by atoms with Crippen LogP contribution in [0.1, 0.15) is 11.1 Å². The minimum atomic E-state index is -0.0728. The largest absolute Gasteiger partial charge is 0.496 e. The Balaban J connectivity index is 2.76. The van der Waals surface area contributed by atoms with E-state index in [1.165, 1.54) is 0 Å². The van der Waals surface area contributed by atoms with Crippen LogP contribution in [0.25, 0.3) is 0 Å². The van der Waals surface area contributed by atoms with Crippen LogP contribution in [-0.2, 0) is 11.2 Å². The summed E-state index contributed by atoms with van der Waals surface area (Å²) in [4.78, 5) is 11.1. The quantitative estimate of drug-likeness (QED) is 0.771. The highest BCUT2D eigenvalue weighted by Gasteiger charge is 2.08. The maximum Gasteiger partial charge on any atom is 0.229 e. The Morgan fingerprint density at radius 3 is 2.50 bits per heavy atom. The summed E-state index contributed by atoms with van der Waals surface area (Å²) in [5, 5.41) is 2.77. The van der Waals surface area contributed by atoms with E-state index >= 15 is 0 Å². The van der Waals surface area contributed by atoms with Crippen molar-refractivity contribution in [2.45, 2.75) is 13.3 Å². The standard InChI is InChI=1S/C13H19NO3S/c1-9-6-12(17-3)10(7-11(9)16-2)4-5-14-13(15)8-18/h6-7,18H,4-5,8H2,1-3H3,(H,14,15). The fourth-order valence-electron chi connectivity index (χ4n) is 1.70. The molecule has 0 bridgehead atoms. The van der Waals surface area contributed by atoms with Crippen LogP contribution in [0.5, 0.6) is 11.5 Å². The van der Waals surface area contributed by atoms with Crippen molar-refractivity contribution in [2.24, 2.45) is 0 Å². The molecule has 0 unspecified atom stereocenters. The van der Waals surface area contributed by atoms with E-state index < -0.39 is 0 Å². The zero-order chi connectivity index (χ0) is 13.5. The highest BCUT2D eigenvalue weighted by Crippen LogP contribution is 2.28. The molecule has 0 aromatic heterocycles. The molecule has 0 atom stereocenters. The zero-order valence-electron chi connectivity index (χ0n) is 10.9. The summed E-state index contributed by atoms with van der Waals surface area (Å²) in [6.45, 7) is 2.52. The van der Waals surface area contributed by atoms with Crippen LogP contribution < -0.4 is 14.8 Å². The first kappa shape index (κ1) is 14.7. The van der Waals surface area contributed by atoms with Crippen molar-refractivity contribution < 1.29 is 14.3 Å². The van der Waals surface area contributed by atoms with E-state index in [9.17, 15) is 4.79 Å². The van der Waals surface area contributed by atoms with Gasteiger partial charge in [0, 0.05) is 6.54 Å². The fourth-order valence-corrected chi connectivity index (χ4v) is 1.81. The Bertz CT molecular complexity index is 421. The molecule has 4 nitrogen and oxygen atoms in total. The smallest absolute Gasteiger partial charge is 0.229 e. The second kappa shape index (κ2) is 7.16. The monoisotopic (exact) mass is 269 g/mol. The molecule has 0 spiro atoms. The molecule has 0 aliphatic heterocycles. The van der Waals surface area contributed by atoms with Crippen molar-refractivity contribution in [1.29, 1.82) is 0 Å². The highest BCUT2D eigenvalue weighted by atomic mass is 32.1. The number of rotatable bonds is 6. The number of nitrogens with one attached hydrogen (secondary N) is 1. The molecule has 18 heavy (non-hydrogen) atoms. The van der Waals surface area contributed by atoms with Gasteiger partial charge in [0.05, 0.1) is 20.0 Å². The highest BCUT2D eigenvalue weighted by molar-refractivity contribution is 7.81. The number of amides is 1. The molecule has 100 valence electrons. The molecule has 5 heteroatoms. The van der Waals surface area contributed by atoms with Crippen molar-refractivity contribution in [1.82, 2.24) is 5.32 Å². The topological polar surface area (TPSA) is 47.6 Å². The van der Waals surface area contributed by atoms with Gasteiger partial charge in [-0.1, -0.05) is 0 Å². The number of carbonyl (C=O) groups excluding carboxylic acids is 1. The van der Waals surface area contributed by atoms with Gasteiger partial charge in [0.1, 0.15) is 11.5 Å². The number of thiol groups is 1. The zero-order valence-corrected chi connectivity index (χ0v) is 11.8. The number of hydrogen-bond acceptors (Lipinski definition) is 4. The Morgan fingerprint density at radius 1 is 1.28 bits per heavy atom. The van der Waals surface area contributed by atoms with Gasteiger partial charge in [-0.3, -0.25) is 4.79 Å². The van der Waals surface area contributed by atoms with Gasteiger partial charge in [-0.05, 0) is 36.6 Å². The van der Waals surface area contributed by atoms with Gasteiger partial charge in [-0.15, -0.1) is 0 Å². The van der Waals surface area contributed by atoms with E-state index in [0.717, 1.165) is 22.6 Å². The molecule has 1 amide bonds. The Hall–Kier alpha value is -1.36. The van der Waals surface area contributed by atoms with E-state index in [4.69, 9.17) is 9.47 Å². The summed E-state index contributed by atoms with van der Waals surface area (Å²) in [7, 11) is 3.28. The van der Waals surface area contributed by atoms with Crippen molar-refractivity contribution >= 4 is 18.5 Å². The van der Waals surface area contributed by atoms with Crippen LogP contribution in [0.3, 0.4) is 0 Å². The second-order valence-corrected chi connectivity index (χ2v) is 4.21. The first-order valence-electron chi connectivity index (χ1n) is 5.71. The summed E-state index contributed by atoms with van der Waals surface area (Å²) < 4.78 is 10.6. The number of ether oxygens (including phenoxy) is 2. The average Bonchev–Trinajstić information content (AvgIpc) is 2.39. The third kappa shape index (κ3) is 3.84. The lowest BCUT2D eigenvalue weighted by atomic mass is 10.1. The van der Waals surface area contributed by atoms with Crippen molar-refractivity contribution in [3.8, 4) is 11.5 Å². The molecule has 0 saturated heterocycles. The lowest BCUT2D eigenvalue weighted by Gasteiger charge is -2.13. The van der Waals surface area contributed by atoms with Gasteiger partial charge >= 0.3 is 0 Å². The third-order valence-corrected chi connectivity index (χ3v) is 2.95. The first-order chi connectivity index (χ1) is 8.62. The van der Waals surface area contributed by atoms with Gasteiger partial charge in [-0.2, -0.15) is 12.6 Å². The molecule has 0 radical (unpaired) electrons. The second-order valence-electron chi connectivity index (χ2n) is 3.89. The number of methoxy groups -OCH3 is 2. The van der Waals surface area contributed by atoms with Crippen LogP contribution in [0, 0.1) is 6.92 Å². The van der Waals surface area contributed by atoms with Gasteiger partial charge in [0.25, 0.3) is 0 Å². The fraction of sp³-hybridized carbons (Fsp3) is 0.462. The predicted octanol–water partition coefficient (Wildman–Crippen LogP) is 1.60. The summed E-state index contributed by atoms with van der Waals surface area (Å²) >= 11 is 3.90. The van der Waals surface area contributed by atoms with E-state index in [2.05, 4.69) is 17.9 Å². The van der Waals surface area contributed by atoms with Crippen LogP contribution in [-0.4, -0.2) is 32.4 Å². The lowest BCUT2D eigenvalue weighted by molar-refractivity contribution is -0.118. The van der Waals surface area contributed by atoms with Crippen LogP contribution in [0.15, 0.2) is 12.1 Å². The summed E-state index contributed by atoms with van der Waals surface area (Å²) in [6.07, 6.45) is 0.694. The molecule has 1 aromatic carbocycles. The summed E-state index contributed by atoms with van der Waals surface area (Å²) in [6, 6.07) is 3.88. The minimum absolute atomic E-state index is 0.0728. The third-order valence-electron chi connectivity index (χ3n) is 2.66. The average molecular weight is 269 g/mol. The molecular formula is C13H19NO3S. The van der Waals surface area contributed by atoms with Crippen molar-refractivity contribution in [3.05, 3.63) is 23.3 Å².